The van der Waals surface area contributed by atoms with Crippen molar-refractivity contribution in [1.29, 1.82) is 0 Å². The van der Waals surface area contributed by atoms with Crippen LogP contribution >= 0.6 is 15.9 Å². The van der Waals surface area contributed by atoms with E-state index in [2.05, 4.69) is 31.2 Å². The first-order valence-electron chi connectivity index (χ1n) is 8.37. The van der Waals surface area contributed by atoms with Gasteiger partial charge in [0.2, 0.25) is 5.88 Å². The molecule has 0 bridgehead atoms. The molecule has 1 atom stereocenters. The average Bonchev–Trinajstić information content (AvgIpc) is 3.30. The highest BCUT2D eigenvalue weighted by molar-refractivity contribution is 9.10. The van der Waals surface area contributed by atoms with Crippen molar-refractivity contribution in [3.05, 3.63) is 40.0 Å². The molecule has 1 N–H and O–H groups in total. The monoisotopic (exact) mass is 402 g/mol. The summed E-state index contributed by atoms with van der Waals surface area (Å²) in [4.78, 5) is 4.32. The molecule has 1 unspecified atom stereocenters. The molecule has 1 fully saturated rings. The molecule has 1 aromatic carbocycles. The van der Waals surface area contributed by atoms with E-state index in [-0.39, 0.29) is 0 Å². The molecule has 4 rings (SSSR count). The SMILES string of the molecule is Cc1cnc(Oc2ccc3c(nnn3CC3CC3)c2Br)c(C(C)O)c1. The minimum atomic E-state index is -0.663. The Kier molecular flexibility index (Phi) is 4.21. The van der Waals surface area contributed by atoms with Crippen LogP contribution in [-0.4, -0.2) is 25.1 Å². The number of hydrogen-bond donors (Lipinski definition) is 1. The third-order valence-electron chi connectivity index (χ3n) is 4.39. The number of pyridine rings is 1. The lowest BCUT2D eigenvalue weighted by molar-refractivity contribution is 0.194. The first kappa shape index (κ1) is 16.5. The molecule has 1 aliphatic carbocycles. The molecule has 1 aliphatic rings. The predicted molar refractivity (Wildman–Crippen MR) is 97.6 cm³/mol. The van der Waals surface area contributed by atoms with Crippen molar-refractivity contribution >= 4 is 27.0 Å². The lowest BCUT2D eigenvalue weighted by Gasteiger charge is -2.13. The number of fused-ring (bicyclic) bond motifs is 1. The highest BCUT2D eigenvalue weighted by atomic mass is 79.9. The first-order chi connectivity index (χ1) is 12.0. The molecule has 25 heavy (non-hydrogen) atoms. The minimum Gasteiger partial charge on any atom is -0.437 e. The van der Waals surface area contributed by atoms with E-state index < -0.39 is 6.10 Å². The van der Waals surface area contributed by atoms with Gasteiger partial charge in [-0.25, -0.2) is 9.67 Å². The summed E-state index contributed by atoms with van der Waals surface area (Å²) in [5, 5.41) is 18.5. The van der Waals surface area contributed by atoms with Crippen LogP contribution in [0.5, 0.6) is 11.6 Å². The maximum Gasteiger partial charge on any atom is 0.225 e. The molecule has 3 aromatic rings. The second-order valence-electron chi connectivity index (χ2n) is 6.65. The summed E-state index contributed by atoms with van der Waals surface area (Å²) in [5.41, 5.74) is 3.38. The van der Waals surface area contributed by atoms with Crippen LogP contribution in [0.1, 0.15) is 37.0 Å². The molecule has 130 valence electrons. The third kappa shape index (κ3) is 3.26. The number of benzene rings is 1. The Balaban J connectivity index is 1.69. The van der Waals surface area contributed by atoms with E-state index in [9.17, 15) is 5.11 Å². The van der Waals surface area contributed by atoms with Crippen molar-refractivity contribution < 1.29 is 9.84 Å². The molecule has 0 radical (unpaired) electrons. The van der Waals surface area contributed by atoms with Gasteiger partial charge in [0.1, 0.15) is 11.3 Å². The maximum absolute atomic E-state index is 9.98. The van der Waals surface area contributed by atoms with Gasteiger partial charge >= 0.3 is 0 Å². The molecule has 0 aliphatic heterocycles. The summed E-state index contributed by atoms with van der Waals surface area (Å²) < 4.78 is 8.67. The number of aromatic nitrogens is 4. The van der Waals surface area contributed by atoms with Gasteiger partial charge in [-0.15, -0.1) is 5.10 Å². The average molecular weight is 403 g/mol. The molecule has 7 heteroatoms. The fraction of sp³-hybridized carbons (Fsp3) is 0.389. The zero-order valence-corrected chi connectivity index (χ0v) is 15.7. The minimum absolute atomic E-state index is 0.394. The lowest BCUT2D eigenvalue weighted by atomic mass is 10.1. The van der Waals surface area contributed by atoms with Crippen LogP contribution in [0.4, 0.5) is 0 Å². The molecule has 2 heterocycles. The Labute approximate surface area is 154 Å². The van der Waals surface area contributed by atoms with E-state index in [0.29, 0.717) is 17.2 Å². The van der Waals surface area contributed by atoms with Gasteiger partial charge in [-0.05, 0) is 72.3 Å². The number of halogens is 1. The maximum atomic E-state index is 9.98. The number of rotatable bonds is 5. The standard InChI is InChI=1S/C18H19BrN4O2/c1-10-7-13(11(2)24)18(20-8-10)25-15-6-5-14-17(16(15)19)21-22-23(14)9-12-3-4-12/h5-8,11-12,24H,3-4,9H2,1-2H3. The van der Waals surface area contributed by atoms with Crippen molar-refractivity contribution in [3.8, 4) is 11.6 Å². The normalized spacial score (nSPS) is 15.5. The Morgan fingerprint density at radius 2 is 2.20 bits per heavy atom. The number of ether oxygens (including phenoxy) is 1. The van der Waals surface area contributed by atoms with E-state index >= 15 is 0 Å². The van der Waals surface area contributed by atoms with Crippen LogP contribution in [0.3, 0.4) is 0 Å². The fourth-order valence-electron chi connectivity index (χ4n) is 2.81. The topological polar surface area (TPSA) is 73.1 Å². The number of hydrogen-bond acceptors (Lipinski definition) is 5. The lowest BCUT2D eigenvalue weighted by Crippen LogP contribution is -2.02. The van der Waals surface area contributed by atoms with E-state index in [1.165, 1.54) is 12.8 Å². The van der Waals surface area contributed by atoms with E-state index in [1.54, 1.807) is 13.1 Å². The quantitative estimate of drug-likeness (QED) is 0.693. The second kappa shape index (κ2) is 6.38. The van der Waals surface area contributed by atoms with Crippen molar-refractivity contribution in [2.24, 2.45) is 5.92 Å². The van der Waals surface area contributed by atoms with Gasteiger partial charge in [0.25, 0.3) is 0 Å². The van der Waals surface area contributed by atoms with Crippen LogP contribution in [0.2, 0.25) is 0 Å². The van der Waals surface area contributed by atoms with Gasteiger partial charge in [0, 0.05) is 18.3 Å². The van der Waals surface area contributed by atoms with E-state index in [4.69, 9.17) is 4.74 Å². The third-order valence-corrected chi connectivity index (χ3v) is 5.16. The Morgan fingerprint density at radius 3 is 2.92 bits per heavy atom. The van der Waals surface area contributed by atoms with Crippen LogP contribution in [0.25, 0.3) is 11.0 Å². The van der Waals surface area contributed by atoms with Crippen molar-refractivity contribution in [3.63, 3.8) is 0 Å². The molecule has 2 aromatic heterocycles. The fourth-order valence-corrected chi connectivity index (χ4v) is 3.31. The van der Waals surface area contributed by atoms with Gasteiger partial charge in [0.05, 0.1) is 16.1 Å². The number of nitrogens with zero attached hydrogens (tertiary/aromatic N) is 4. The molecular weight excluding hydrogens is 384 g/mol. The molecular formula is C18H19BrN4O2. The zero-order valence-electron chi connectivity index (χ0n) is 14.1. The van der Waals surface area contributed by atoms with Crippen LogP contribution in [0.15, 0.2) is 28.9 Å². The summed E-state index contributed by atoms with van der Waals surface area (Å²) in [6.45, 7) is 4.54. The molecule has 0 amide bonds. The molecule has 1 saturated carbocycles. The first-order valence-corrected chi connectivity index (χ1v) is 9.16. The van der Waals surface area contributed by atoms with Gasteiger partial charge in [-0.2, -0.15) is 0 Å². The van der Waals surface area contributed by atoms with Crippen LogP contribution < -0.4 is 4.74 Å². The van der Waals surface area contributed by atoms with Crippen molar-refractivity contribution in [2.75, 3.05) is 0 Å². The predicted octanol–water partition coefficient (Wildman–Crippen LogP) is 4.15. The summed E-state index contributed by atoms with van der Waals surface area (Å²) in [6, 6.07) is 5.73. The Bertz CT molecular complexity index is 934. The summed E-state index contributed by atoms with van der Waals surface area (Å²) in [7, 11) is 0. The largest absolute Gasteiger partial charge is 0.437 e. The number of aryl methyl sites for hydroxylation is 1. The molecule has 0 spiro atoms. The van der Waals surface area contributed by atoms with Gasteiger partial charge in [0.15, 0.2) is 0 Å². The van der Waals surface area contributed by atoms with Crippen LogP contribution in [-0.2, 0) is 6.54 Å². The summed E-state index contributed by atoms with van der Waals surface area (Å²) >= 11 is 3.58. The molecule has 0 saturated heterocycles. The van der Waals surface area contributed by atoms with Crippen molar-refractivity contribution in [1.82, 2.24) is 20.0 Å². The number of aliphatic hydroxyl groups excluding tert-OH is 1. The highest BCUT2D eigenvalue weighted by Crippen LogP contribution is 2.37. The summed E-state index contributed by atoms with van der Waals surface area (Å²) in [6.07, 6.45) is 3.60. The smallest absolute Gasteiger partial charge is 0.225 e. The van der Waals surface area contributed by atoms with Crippen molar-refractivity contribution in [2.45, 2.75) is 39.3 Å². The Morgan fingerprint density at radius 1 is 1.40 bits per heavy atom. The van der Waals surface area contributed by atoms with Gasteiger partial charge < -0.3 is 9.84 Å². The van der Waals surface area contributed by atoms with Crippen LogP contribution in [0, 0.1) is 12.8 Å². The zero-order chi connectivity index (χ0) is 17.6. The van der Waals surface area contributed by atoms with Gasteiger partial charge in [-0.1, -0.05) is 5.21 Å². The molecule has 6 nitrogen and oxygen atoms in total. The van der Waals surface area contributed by atoms with E-state index in [0.717, 1.165) is 33.5 Å². The Hall–Kier alpha value is -1.99. The second-order valence-corrected chi connectivity index (χ2v) is 7.44. The number of aliphatic hydroxyl groups is 1. The van der Waals surface area contributed by atoms with E-state index in [1.807, 2.05) is 29.8 Å². The highest BCUT2D eigenvalue weighted by Gasteiger charge is 2.24. The summed E-state index contributed by atoms with van der Waals surface area (Å²) in [5.74, 6) is 1.72. The van der Waals surface area contributed by atoms with Gasteiger partial charge in [-0.3, -0.25) is 0 Å².